The number of hydrogen-bond donors (Lipinski definition) is 2. The van der Waals surface area contributed by atoms with Crippen molar-refractivity contribution in [3.63, 3.8) is 0 Å². The fourth-order valence-corrected chi connectivity index (χ4v) is 1.93. The van der Waals surface area contributed by atoms with E-state index in [1.54, 1.807) is 32.4 Å². The van der Waals surface area contributed by atoms with Gasteiger partial charge in [0.1, 0.15) is 5.82 Å². The van der Waals surface area contributed by atoms with Crippen LogP contribution in [0, 0.1) is 5.92 Å². The monoisotopic (exact) mass is 414 g/mol. The van der Waals surface area contributed by atoms with Crippen LogP contribution in [0.3, 0.4) is 0 Å². The SMILES string of the molecule is CNCC(C)C(=O)N(C)CC(=O)Nc1ccc(Br)cn1.Cl.Cl. The Morgan fingerprint density at radius 1 is 1.36 bits per heavy atom. The van der Waals surface area contributed by atoms with E-state index >= 15 is 0 Å². The second-order valence-corrected chi connectivity index (χ2v) is 5.48. The van der Waals surface area contributed by atoms with Crippen LogP contribution in [-0.4, -0.2) is 48.9 Å². The van der Waals surface area contributed by atoms with E-state index in [0.29, 0.717) is 12.4 Å². The largest absolute Gasteiger partial charge is 0.336 e. The number of nitrogens with zero attached hydrogens (tertiary/aromatic N) is 2. The van der Waals surface area contributed by atoms with Gasteiger partial charge in [-0.05, 0) is 35.1 Å². The first-order valence-corrected chi connectivity index (χ1v) is 7.04. The summed E-state index contributed by atoms with van der Waals surface area (Å²) in [6, 6.07) is 3.47. The van der Waals surface area contributed by atoms with E-state index in [1.165, 1.54) is 4.90 Å². The van der Waals surface area contributed by atoms with Crippen LogP contribution in [0.4, 0.5) is 5.82 Å². The van der Waals surface area contributed by atoms with E-state index in [1.807, 2.05) is 6.92 Å². The van der Waals surface area contributed by atoms with E-state index in [-0.39, 0.29) is 49.1 Å². The summed E-state index contributed by atoms with van der Waals surface area (Å²) in [6.07, 6.45) is 1.60. The maximum atomic E-state index is 11.9. The highest BCUT2D eigenvalue weighted by Gasteiger charge is 2.18. The molecule has 0 aliphatic rings. The lowest BCUT2D eigenvalue weighted by atomic mass is 10.1. The highest BCUT2D eigenvalue weighted by atomic mass is 79.9. The molecule has 0 saturated heterocycles. The van der Waals surface area contributed by atoms with E-state index in [0.717, 1.165) is 4.47 Å². The molecule has 1 atom stereocenters. The van der Waals surface area contributed by atoms with Crippen LogP contribution in [0.2, 0.25) is 0 Å². The second-order valence-electron chi connectivity index (χ2n) is 4.56. The Bertz CT molecular complexity index is 474. The number of carbonyl (C=O) groups is 2. The second kappa shape index (κ2) is 11.6. The van der Waals surface area contributed by atoms with Gasteiger partial charge in [-0.15, -0.1) is 24.8 Å². The number of nitrogens with one attached hydrogen (secondary N) is 2. The molecule has 22 heavy (non-hydrogen) atoms. The number of likely N-dealkylation sites (N-methyl/N-ethyl adjacent to an activating group) is 1. The Morgan fingerprint density at radius 2 is 2.00 bits per heavy atom. The lowest BCUT2D eigenvalue weighted by Gasteiger charge is -2.20. The van der Waals surface area contributed by atoms with Crippen molar-refractivity contribution < 1.29 is 9.59 Å². The molecule has 9 heteroatoms. The molecule has 0 radical (unpaired) electrons. The Balaban J connectivity index is 0. The molecule has 1 unspecified atom stereocenters. The molecule has 2 amide bonds. The summed E-state index contributed by atoms with van der Waals surface area (Å²) in [5.74, 6) is -0.0449. The minimum atomic E-state index is -0.271. The third-order valence-electron chi connectivity index (χ3n) is 2.68. The average molecular weight is 416 g/mol. The van der Waals surface area contributed by atoms with Crippen molar-refractivity contribution in [3.05, 3.63) is 22.8 Å². The van der Waals surface area contributed by atoms with Crippen LogP contribution in [-0.2, 0) is 9.59 Å². The lowest BCUT2D eigenvalue weighted by Crippen LogP contribution is -2.40. The van der Waals surface area contributed by atoms with Crippen molar-refractivity contribution in [3.8, 4) is 0 Å². The molecule has 0 aliphatic carbocycles. The summed E-state index contributed by atoms with van der Waals surface area (Å²) in [5.41, 5.74) is 0. The van der Waals surface area contributed by atoms with Crippen molar-refractivity contribution in [1.29, 1.82) is 0 Å². The number of amides is 2. The summed E-state index contributed by atoms with van der Waals surface area (Å²) in [4.78, 5) is 29.2. The summed E-state index contributed by atoms with van der Waals surface area (Å²) < 4.78 is 0.837. The van der Waals surface area contributed by atoms with Crippen LogP contribution in [0.5, 0.6) is 0 Å². The molecule has 0 spiro atoms. The van der Waals surface area contributed by atoms with Gasteiger partial charge in [-0.3, -0.25) is 9.59 Å². The molecule has 1 aromatic heterocycles. The Labute approximate surface area is 151 Å². The molecule has 126 valence electrons. The molecule has 0 fully saturated rings. The summed E-state index contributed by atoms with van der Waals surface area (Å²) in [5, 5.41) is 5.58. The fourth-order valence-electron chi connectivity index (χ4n) is 1.70. The molecule has 2 N–H and O–H groups in total. The number of rotatable bonds is 6. The van der Waals surface area contributed by atoms with E-state index in [2.05, 4.69) is 31.5 Å². The molecule has 0 bridgehead atoms. The third kappa shape index (κ3) is 7.93. The van der Waals surface area contributed by atoms with Gasteiger partial charge < -0.3 is 15.5 Å². The maximum Gasteiger partial charge on any atom is 0.245 e. The van der Waals surface area contributed by atoms with Crippen molar-refractivity contribution >= 4 is 58.4 Å². The molecule has 1 aromatic rings. The predicted octanol–water partition coefficient (Wildman–Crippen LogP) is 1.94. The minimum absolute atomic E-state index is 0. The van der Waals surface area contributed by atoms with Gasteiger partial charge >= 0.3 is 0 Å². The number of pyridine rings is 1. The highest BCUT2D eigenvalue weighted by Crippen LogP contribution is 2.10. The summed E-state index contributed by atoms with van der Waals surface area (Å²) in [7, 11) is 3.40. The minimum Gasteiger partial charge on any atom is -0.336 e. The number of anilines is 1. The van der Waals surface area contributed by atoms with Gasteiger partial charge in [0, 0.05) is 30.2 Å². The van der Waals surface area contributed by atoms with Gasteiger partial charge in [0.2, 0.25) is 11.8 Å². The van der Waals surface area contributed by atoms with Crippen molar-refractivity contribution in [2.75, 3.05) is 32.5 Å². The number of carbonyl (C=O) groups excluding carboxylic acids is 2. The van der Waals surface area contributed by atoms with Crippen LogP contribution < -0.4 is 10.6 Å². The summed E-state index contributed by atoms with van der Waals surface area (Å²) in [6.45, 7) is 2.41. The molecule has 0 saturated carbocycles. The normalized spacial score (nSPS) is 10.7. The number of hydrogen-bond acceptors (Lipinski definition) is 4. The topological polar surface area (TPSA) is 74.3 Å². The predicted molar refractivity (Wildman–Crippen MR) is 95.8 cm³/mol. The van der Waals surface area contributed by atoms with Gasteiger partial charge in [-0.1, -0.05) is 6.92 Å². The van der Waals surface area contributed by atoms with Crippen LogP contribution in [0.1, 0.15) is 6.92 Å². The van der Waals surface area contributed by atoms with Crippen molar-refractivity contribution in [1.82, 2.24) is 15.2 Å². The summed E-state index contributed by atoms with van der Waals surface area (Å²) >= 11 is 3.27. The maximum absolute atomic E-state index is 11.9. The van der Waals surface area contributed by atoms with Crippen LogP contribution in [0.25, 0.3) is 0 Å². The van der Waals surface area contributed by atoms with Crippen LogP contribution in [0.15, 0.2) is 22.8 Å². The van der Waals surface area contributed by atoms with Gasteiger partial charge in [0.25, 0.3) is 0 Å². The van der Waals surface area contributed by atoms with Gasteiger partial charge in [0.05, 0.1) is 6.54 Å². The molecule has 0 aromatic carbocycles. The Hall–Kier alpha value is -0.890. The first-order chi connectivity index (χ1) is 9.43. The standard InChI is InChI=1S/C13H19BrN4O2.2ClH/c1-9(6-15-2)13(20)18(3)8-12(19)17-11-5-4-10(14)7-16-11;;/h4-5,7,9,15H,6,8H2,1-3H3,(H,16,17,19);2*1H. The zero-order valence-corrected chi connectivity index (χ0v) is 15.8. The Kier molecular flexibility index (Phi) is 12.4. The van der Waals surface area contributed by atoms with Crippen molar-refractivity contribution in [2.45, 2.75) is 6.92 Å². The van der Waals surface area contributed by atoms with Gasteiger partial charge in [-0.25, -0.2) is 4.98 Å². The molecule has 1 rings (SSSR count). The van der Waals surface area contributed by atoms with Crippen molar-refractivity contribution in [2.24, 2.45) is 5.92 Å². The number of aromatic nitrogens is 1. The first kappa shape index (κ1) is 23.4. The van der Waals surface area contributed by atoms with Gasteiger partial charge in [0.15, 0.2) is 0 Å². The van der Waals surface area contributed by atoms with E-state index in [4.69, 9.17) is 0 Å². The molecular formula is C13H21BrCl2N4O2. The number of halogens is 3. The van der Waals surface area contributed by atoms with Crippen LogP contribution >= 0.6 is 40.7 Å². The molecule has 0 aliphatic heterocycles. The zero-order valence-electron chi connectivity index (χ0n) is 12.6. The highest BCUT2D eigenvalue weighted by molar-refractivity contribution is 9.10. The zero-order chi connectivity index (χ0) is 15.1. The molecular weight excluding hydrogens is 395 g/mol. The van der Waals surface area contributed by atoms with E-state index in [9.17, 15) is 9.59 Å². The first-order valence-electron chi connectivity index (χ1n) is 6.25. The smallest absolute Gasteiger partial charge is 0.245 e. The third-order valence-corrected chi connectivity index (χ3v) is 3.15. The van der Waals surface area contributed by atoms with E-state index < -0.39 is 0 Å². The Morgan fingerprint density at radius 3 is 2.50 bits per heavy atom. The fraction of sp³-hybridized carbons (Fsp3) is 0.462. The quantitative estimate of drug-likeness (QED) is 0.744. The lowest BCUT2D eigenvalue weighted by molar-refractivity contribution is -0.136. The van der Waals surface area contributed by atoms with Gasteiger partial charge in [-0.2, -0.15) is 0 Å². The average Bonchev–Trinajstić information content (AvgIpc) is 2.40. The molecule has 1 heterocycles. The molecule has 6 nitrogen and oxygen atoms in total.